The molecule has 1 aliphatic heterocycles. The number of ether oxygens (including phenoxy) is 1. The molecule has 0 radical (unpaired) electrons. The van der Waals surface area contributed by atoms with E-state index in [1.807, 2.05) is 0 Å². The SMILES string of the molecule is CC(C)N(CCC(N)=S)C1CCOC1=O. The highest BCUT2D eigenvalue weighted by atomic mass is 32.1. The number of carbonyl (C=O) groups is 1. The van der Waals surface area contributed by atoms with Crippen LogP contribution >= 0.6 is 12.2 Å². The van der Waals surface area contributed by atoms with E-state index in [0.717, 1.165) is 13.0 Å². The van der Waals surface area contributed by atoms with E-state index in [1.165, 1.54) is 0 Å². The first-order valence-electron chi connectivity index (χ1n) is 5.23. The standard InChI is InChI=1S/C10H18N2O2S/c1-7(2)12(5-3-9(11)15)8-4-6-14-10(8)13/h7-8H,3-6H2,1-2H3,(H2,11,15). The maximum atomic E-state index is 11.4. The number of cyclic esters (lactones) is 1. The van der Waals surface area contributed by atoms with Crippen LogP contribution in [0.5, 0.6) is 0 Å². The first-order valence-corrected chi connectivity index (χ1v) is 5.64. The molecule has 86 valence electrons. The Morgan fingerprint density at radius 1 is 1.73 bits per heavy atom. The Balaban J connectivity index is 2.56. The average molecular weight is 230 g/mol. The van der Waals surface area contributed by atoms with Crippen LogP contribution in [0.15, 0.2) is 0 Å². The fourth-order valence-electron chi connectivity index (χ4n) is 1.80. The number of hydrogen-bond donors (Lipinski definition) is 1. The molecule has 0 spiro atoms. The molecule has 0 aromatic heterocycles. The smallest absolute Gasteiger partial charge is 0.323 e. The molecule has 15 heavy (non-hydrogen) atoms. The summed E-state index contributed by atoms with van der Waals surface area (Å²) in [5.74, 6) is -0.119. The maximum Gasteiger partial charge on any atom is 0.323 e. The van der Waals surface area contributed by atoms with Crippen LogP contribution in [0.3, 0.4) is 0 Å². The number of esters is 1. The van der Waals surface area contributed by atoms with Crippen LogP contribution in [0.25, 0.3) is 0 Å². The quantitative estimate of drug-likeness (QED) is 0.556. The Labute approximate surface area is 95.8 Å². The zero-order valence-electron chi connectivity index (χ0n) is 9.23. The number of nitrogens with zero attached hydrogens (tertiary/aromatic N) is 1. The molecular weight excluding hydrogens is 212 g/mol. The van der Waals surface area contributed by atoms with Gasteiger partial charge in [0.05, 0.1) is 11.6 Å². The summed E-state index contributed by atoms with van der Waals surface area (Å²) in [6, 6.07) is 0.189. The van der Waals surface area contributed by atoms with Crippen LogP contribution in [0.2, 0.25) is 0 Å². The van der Waals surface area contributed by atoms with Crippen LogP contribution in [0.1, 0.15) is 26.7 Å². The van der Waals surface area contributed by atoms with Gasteiger partial charge in [0.1, 0.15) is 6.04 Å². The maximum absolute atomic E-state index is 11.4. The average Bonchev–Trinajstić information content (AvgIpc) is 2.51. The minimum atomic E-state index is -0.119. The number of rotatable bonds is 5. The summed E-state index contributed by atoms with van der Waals surface area (Å²) in [6.45, 7) is 5.38. The van der Waals surface area contributed by atoms with Crippen LogP contribution in [-0.4, -0.2) is 41.1 Å². The topological polar surface area (TPSA) is 55.6 Å². The summed E-state index contributed by atoms with van der Waals surface area (Å²) >= 11 is 4.84. The van der Waals surface area contributed by atoms with Gasteiger partial charge in [0.2, 0.25) is 0 Å². The summed E-state index contributed by atoms with van der Waals surface area (Å²) in [6.07, 6.45) is 1.42. The molecule has 0 aliphatic carbocycles. The van der Waals surface area contributed by atoms with E-state index in [9.17, 15) is 4.79 Å². The third-order valence-electron chi connectivity index (χ3n) is 2.59. The van der Waals surface area contributed by atoms with Gasteiger partial charge in [-0.25, -0.2) is 0 Å². The Morgan fingerprint density at radius 3 is 2.80 bits per heavy atom. The lowest BCUT2D eigenvalue weighted by atomic mass is 10.1. The Hall–Kier alpha value is -0.680. The zero-order valence-corrected chi connectivity index (χ0v) is 10.0. The summed E-state index contributed by atoms with van der Waals surface area (Å²) in [7, 11) is 0. The van der Waals surface area contributed by atoms with E-state index in [-0.39, 0.29) is 12.0 Å². The second kappa shape index (κ2) is 5.42. The van der Waals surface area contributed by atoms with Crippen molar-refractivity contribution < 1.29 is 9.53 Å². The van der Waals surface area contributed by atoms with Crippen molar-refractivity contribution in [3.63, 3.8) is 0 Å². The van der Waals surface area contributed by atoms with Crippen LogP contribution in [-0.2, 0) is 9.53 Å². The van der Waals surface area contributed by atoms with E-state index < -0.39 is 0 Å². The third kappa shape index (κ3) is 3.43. The van der Waals surface area contributed by atoms with Crippen molar-refractivity contribution in [2.24, 2.45) is 5.73 Å². The first-order chi connectivity index (χ1) is 7.02. The van der Waals surface area contributed by atoms with Crippen molar-refractivity contribution in [1.29, 1.82) is 0 Å². The van der Waals surface area contributed by atoms with Gasteiger partial charge in [-0.1, -0.05) is 12.2 Å². The summed E-state index contributed by atoms with van der Waals surface area (Å²) in [5, 5.41) is 0. The summed E-state index contributed by atoms with van der Waals surface area (Å²) in [5.41, 5.74) is 5.46. The van der Waals surface area contributed by atoms with Crippen molar-refractivity contribution in [3.05, 3.63) is 0 Å². The molecule has 1 heterocycles. The van der Waals surface area contributed by atoms with Gasteiger partial charge in [0.15, 0.2) is 0 Å². The molecule has 0 aromatic rings. The Kier molecular flexibility index (Phi) is 4.47. The molecule has 1 unspecified atom stereocenters. The van der Waals surface area contributed by atoms with Crippen molar-refractivity contribution >= 4 is 23.2 Å². The highest BCUT2D eigenvalue weighted by molar-refractivity contribution is 7.80. The van der Waals surface area contributed by atoms with E-state index in [4.69, 9.17) is 22.7 Å². The molecule has 4 nitrogen and oxygen atoms in total. The monoisotopic (exact) mass is 230 g/mol. The molecule has 0 aromatic carbocycles. The van der Waals surface area contributed by atoms with Crippen molar-refractivity contribution in [2.75, 3.05) is 13.2 Å². The number of carbonyl (C=O) groups excluding carboxylic acids is 1. The fourth-order valence-corrected chi connectivity index (χ4v) is 1.89. The van der Waals surface area contributed by atoms with E-state index >= 15 is 0 Å². The summed E-state index contributed by atoms with van der Waals surface area (Å²) in [4.78, 5) is 14.0. The van der Waals surface area contributed by atoms with Gasteiger partial charge in [-0.2, -0.15) is 0 Å². The molecule has 0 bridgehead atoms. The van der Waals surface area contributed by atoms with E-state index in [1.54, 1.807) is 0 Å². The molecule has 2 N–H and O–H groups in total. The second-order valence-electron chi connectivity index (χ2n) is 4.02. The van der Waals surface area contributed by atoms with Gasteiger partial charge in [-0.15, -0.1) is 0 Å². The molecule has 1 aliphatic rings. The van der Waals surface area contributed by atoms with E-state index in [2.05, 4.69) is 18.7 Å². The number of thiocarbonyl (C=S) groups is 1. The van der Waals surface area contributed by atoms with Gasteiger partial charge in [-0.05, 0) is 13.8 Å². The minimum Gasteiger partial charge on any atom is -0.464 e. The van der Waals surface area contributed by atoms with Gasteiger partial charge < -0.3 is 10.5 Å². The molecule has 1 saturated heterocycles. The lowest BCUT2D eigenvalue weighted by Crippen LogP contribution is -2.44. The second-order valence-corrected chi connectivity index (χ2v) is 4.54. The highest BCUT2D eigenvalue weighted by Gasteiger charge is 2.33. The molecule has 1 fully saturated rings. The molecule has 1 atom stereocenters. The van der Waals surface area contributed by atoms with Gasteiger partial charge in [-0.3, -0.25) is 9.69 Å². The van der Waals surface area contributed by atoms with Crippen LogP contribution < -0.4 is 5.73 Å². The van der Waals surface area contributed by atoms with E-state index in [0.29, 0.717) is 24.1 Å². The van der Waals surface area contributed by atoms with Gasteiger partial charge in [0, 0.05) is 25.4 Å². The predicted octanol–water partition coefficient (Wildman–Crippen LogP) is 0.689. The predicted molar refractivity (Wildman–Crippen MR) is 62.6 cm³/mol. The number of nitrogens with two attached hydrogens (primary N) is 1. The Bertz CT molecular complexity index is 256. The van der Waals surface area contributed by atoms with Gasteiger partial charge in [0.25, 0.3) is 0 Å². The third-order valence-corrected chi connectivity index (χ3v) is 2.79. The minimum absolute atomic E-state index is 0.112. The van der Waals surface area contributed by atoms with Crippen LogP contribution in [0.4, 0.5) is 0 Å². The highest BCUT2D eigenvalue weighted by Crippen LogP contribution is 2.17. The van der Waals surface area contributed by atoms with Crippen molar-refractivity contribution in [3.8, 4) is 0 Å². The fraction of sp³-hybridized carbons (Fsp3) is 0.800. The molecule has 0 amide bonds. The lowest BCUT2D eigenvalue weighted by Gasteiger charge is -2.29. The van der Waals surface area contributed by atoms with Crippen molar-refractivity contribution in [1.82, 2.24) is 4.90 Å². The van der Waals surface area contributed by atoms with Crippen LogP contribution in [0, 0.1) is 0 Å². The normalized spacial score (nSPS) is 21.1. The molecule has 5 heteroatoms. The molecular formula is C10H18N2O2S. The molecule has 0 saturated carbocycles. The molecule has 1 rings (SSSR count). The first kappa shape index (κ1) is 12.4. The largest absolute Gasteiger partial charge is 0.464 e. The lowest BCUT2D eigenvalue weighted by molar-refractivity contribution is -0.142. The van der Waals surface area contributed by atoms with Gasteiger partial charge >= 0.3 is 5.97 Å². The number of hydrogen-bond acceptors (Lipinski definition) is 4. The summed E-state index contributed by atoms with van der Waals surface area (Å²) < 4.78 is 4.96. The Morgan fingerprint density at radius 2 is 2.40 bits per heavy atom. The zero-order chi connectivity index (χ0) is 11.4. The van der Waals surface area contributed by atoms with Crippen molar-refractivity contribution in [2.45, 2.75) is 38.8 Å².